The number of nitrogens with one attached hydrogen (secondary N) is 2. The van der Waals surface area contributed by atoms with E-state index < -0.39 is 0 Å². The molecule has 3 rings (SSSR count). The van der Waals surface area contributed by atoms with E-state index in [1.54, 1.807) is 36.7 Å². The molecule has 2 N–H and O–H groups in total. The first kappa shape index (κ1) is 19.5. The number of hydrogen-bond acceptors (Lipinski definition) is 4. The van der Waals surface area contributed by atoms with Gasteiger partial charge in [-0.25, -0.2) is 14.4 Å². The summed E-state index contributed by atoms with van der Waals surface area (Å²) >= 11 is 0. The van der Waals surface area contributed by atoms with Crippen LogP contribution < -0.4 is 10.6 Å². The first-order chi connectivity index (χ1) is 13.5. The largest absolute Gasteiger partial charge is 0.352 e. The molecule has 3 aromatic rings. The second-order valence-electron chi connectivity index (χ2n) is 6.95. The van der Waals surface area contributed by atoms with Crippen LogP contribution in [0.15, 0.2) is 60.9 Å². The summed E-state index contributed by atoms with van der Waals surface area (Å²) in [5.74, 6) is 0.583. The smallest absolute Gasteiger partial charge is 0.251 e. The van der Waals surface area contributed by atoms with Gasteiger partial charge in [0.2, 0.25) is 5.95 Å². The molecule has 0 aliphatic carbocycles. The van der Waals surface area contributed by atoms with Gasteiger partial charge in [-0.15, -0.1) is 0 Å². The second-order valence-corrected chi connectivity index (χ2v) is 6.95. The van der Waals surface area contributed by atoms with Crippen LogP contribution in [0.2, 0.25) is 0 Å². The number of carbonyl (C=O) groups excluding carboxylic acids is 1. The van der Waals surface area contributed by atoms with Gasteiger partial charge in [-0.3, -0.25) is 4.79 Å². The van der Waals surface area contributed by atoms with Crippen LogP contribution >= 0.6 is 0 Å². The molecule has 0 bridgehead atoms. The van der Waals surface area contributed by atoms with Gasteiger partial charge in [-0.1, -0.05) is 32.0 Å². The molecule has 1 amide bonds. The van der Waals surface area contributed by atoms with Crippen LogP contribution in [-0.2, 0) is 0 Å². The van der Waals surface area contributed by atoms with Crippen LogP contribution in [-0.4, -0.2) is 22.4 Å². The first-order valence-corrected chi connectivity index (χ1v) is 9.24. The third-order valence-corrected chi connectivity index (χ3v) is 4.22. The normalized spacial score (nSPS) is 10.7. The van der Waals surface area contributed by atoms with Gasteiger partial charge in [-0.2, -0.15) is 0 Å². The molecule has 0 saturated carbocycles. The molecule has 144 valence electrons. The fraction of sp³-hybridized carbons (Fsp3) is 0.227. The van der Waals surface area contributed by atoms with Crippen molar-refractivity contribution in [2.24, 2.45) is 5.92 Å². The van der Waals surface area contributed by atoms with E-state index in [1.807, 2.05) is 12.1 Å². The van der Waals surface area contributed by atoms with E-state index in [0.29, 0.717) is 24.0 Å². The predicted molar refractivity (Wildman–Crippen MR) is 109 cm³/mol. The van der Waals surface area contributed by atoms with Gasteiger partial charge in [0.25, 0.3) is 5.91 Å². The van der Waals surface area contributed by atoms with Crippen LogP contribution in [0.3, 0.4) is 0 Å². The van der Waals surface area contributed by atoms with E-state index in [2.05, 4.69) is 34.4 Å². The molecule has 28 heavy (non-hydrogen) atoms. The molecule has 1 aromatic heterocycles. The number of nitrogens with zero attached hydrogens (tertiary/aromatic N) is 2. The molecule has 1 heterocycles. The summed E-state index contributed by atoms with van der Waals surface area (Å²) in [6.07, 6.45) is 4.29. The Kier molecular flexibility index (Phi) is 6.32. The standard InChI is InChI=1S/C22H23FN4O/c1-15(2)10-11-24-21(28)17-4-3-5-20(12-17)27-22-25-13-18(14-26-22)16-6-8-19(23)9-7-16/h3-9,12-15H,10-11H2,1-2H3,(H,24,28)(H,25,26,27). The number of halogens is 1. The second kappa shape index (κ2) is 9.08. The minimum Gasteiger partial charge on any atom is -0.352 e. The minimum absolute atomic E-state index is 0.100. The summed E-state index contributed by atoms with van der Waals surface area (Å²) in [6, 6.07) is 13.4. The zero-order valence-corrected chi connectivity index (χ0v) is 15.9. The van der Waals surface area contributed by atoms with Crippen molar-refractivity contribution in [2.75, 3.05) is 11.9 Å². The van der Waals surface area contributed by atoms with Gasteiger partial charge in [-0.05, 0) is 48.2 Å². The molecule has 0 atom stereocenters. The molecule has 0 spiro atoms. The number of aromatic nitrogens is 2. The van der Waals surface area contributed by atoms with Crippen molar-refractivity contribution in [1.29, 1.82) is 0 Å². The summed E-state index contributed by atoms with van der Waals surface area (Å²) in [4.78, 5) is 20.9. The van der Waals surface area contributed by atoms with Crippen molar-refractivity contribution < 1.29 is 9.18 Å². The van der Waals surface area contributed by atoms with Crippen molar-refractivity contribution in [3.05, 3.63) is 72.3 Å². The highest BCUT2D eigenvalue weighted by molar-refractivity contribution is 5.95. The quantitative estimate of drug-likeness (QED) is 0.620. The van der Waals surface area contributed by atoms with E-state index in [9.17, 15) is 9.18 Å². The van der Waals surface area contributed by atoms with Crippen LogP contribution in [0.4, 0.5) is 16.0 Å². The minimum atomic E-state index is -0.281. The molecule has 5 nitrogen and oxygen atoms in total. The SMILES string of the molecule is CC(C)CCNC(=O)c1cccc(Nc2ncc(-c3ccc(F)cc3)cn2)c1. The Morgan fingerprint density at radius 1 is 1.04 bits per heavy atom. The average molecular weight is 378 g/mol. The van der Waals surface area contributed by atoms with E-state index in [-0.39, 0.29) is 11.7 Å². The number of benzene rings is 2. The molecule has 0 aliphatic heterocycles. The maximum absolute atomic E-state index is 13.0. The van der Waals surface area contributed by atoms with Gasteiger partial charge in [0, 0.05) is 35.8 Å². The third-order valence-electron chi connectivity index (χ3n) is 4.22. The van der Waals surface area contributed by atoms with Gasteiger partial charge < -0.3 is 10.6 Å². The molecule has 0 aliphatic rings. The van der Waals surface area contributed by atoms with Crippen molar-refractivity contribution in [3.63, 3.8) is 0 Å². The highest BCUT2D eigenvalue weighted by Crippen LogP contribution is 2.20. The highest BCUT2D eigenvalue weighted by Gasteiger charge is 2.07. The summed E-state index contributed by atoms with van der Waals surface area (Å²) in [5.41, 5.74) is 2.94. The summed E-state index contributed by atoms with van der Waals surface area (Å²) in [5, 5.41) is 6.03. The first-order valence-electron chi connectivity index (χ1n) is 9.24. The molecular formula is C22H23FN4O. The Hall–Kier alpha value is -3.28. The summed E-state index contributed by atoms with van der Waals surface area (Å²) < 4.78 is 13.0. The van der Waals surface area contributed by atoms with Gasteiger partial charge in [0.15, 0.2) is 0 Å². The average Bonchev–Trinajstić information content (AvgIpc) is 2.69. The molecule has 0 radical (unpaired) electrons. The predicted octanol–water partition coefficient (Wildman–Crippen LogP) is 4.80. The highest BCUT2D eigenvalue weighted by atomic mass is 19.1. The van der Waals surface area contributed by atoms with Crippen LogP contribution in [0, 0.1) is 11.7 Å². The lowest BCUT2D eigenvalue weighted by Crippen LogP contribution is -2.25. The fourth-order valence-electron chi connectivity index (χ4n) is 2.63. The van der Waals surface area contributed by atoms with Crippen molar-refractivity contribution in [1.82, 2.24) is 15.3 Å². The molecule has 6 heteroatoms. The third kappa shape index (κ3) is 5.36. The molecule has 0 saturated heterocycles. The number of amides is 1. The summed E-state index contributed by atoms with van der Waals surface area (Å²) in [7, 11) is 0. The molecule has 0 fully saturated rings. The van der Waals surface area contributed by atoms with Crippen molar-refractivity contribution in [3.8, 4) is 11.1 Å². The van der Waals surface area contributed by atoms with Gasteiger partial charge in [0.1, 0.15) is 5.82 Å². The monoisotopic (exact) mass is 378 g/mol. The van der Waals surface area contributed by atoms with Crippen LogP contribution in [0.5, 0.6) is 0 Å². The lowest BCUT2D eigenvalue weighted by atomic mass is 10.1. The lowest BCUT2D eigenvalue weighted by molar-refractivity contribution is 0.0952. The number of anilines is 2. The number of rotatable bonds is 7. The Balaban J connectivity index is 1.65. The molecule has 0 unspecified atom stereocenters. The van der Waals surface area contributed by atoms with Crippen molar-refractivity contribution >= 4 is 17.5 Å². The summed E-state index contributed by atoms with van der Waals surface area (Å²) in [6.45, 7) is 4.90. The maximum atomic E-state index is 13.0. The molecule has 2 aromatic carbocycles. The zero-order chi connectivity index (χ0) is 19.9. The fourth-order valence-corrected chi connectivity index (χ4v) is 2.63. The molecular weight excluding hydrogens is 355 g/mol. The number of hydrogen-bond donors (Lipinski definition) is 2. The van der Waals surface area contributed by atoms with E-state index in [1.165, 1.54) is 12.1 Å². The number of carbonyl (C=O) groups is 1. The van der Waals surface area contributed by atoms with Crippen molar-refractivity contribution in [2.45, 2.75) is 20.3 Å². The Morgan fingerprint density at radius 2 is 1.75 bits per heavy atom. The zero-order valence-electron chi connectivity index (χ0n) is 15.9. The Bertz CT molecular complexity index is 924. The van der Waals surface area contributed by atoms with Crippen LogP contribution in [0.1, 0.15) is 30.6 Å². The maximum Gasteiger partial charge on any atom is 0.251 e. The Morgan fingerprint density at radius 3 is 2.43 bits per heavy atom. The lowest BCUT2D eigenvalue weighted by Gasteiger charge is -2.09. The van der Waals surface area contributed by atoms with E-state index >= 15 is 0 Å². The van der Waals surface area contributed by atoms with E-state index in [0.717, 1.165) is 23.2 Å². The Labute approximate surface area is 164 Å². The van der Waals surface area contributed by atoms with Gasteiger partial charge in [0.05, 0.1) is 0 Å². The van der Waals surface area contributed by atoms with Crippen LogP contribution in [0.25, 0.3) is 11.1 Å². The van der Waals surface area contributed by atoms with Gasteiger partial charge >= 0.3 is 0 Å². The van der Waals surface area contributed by atoms with E-state index in [4.69, 9.17) is 0 Å². The topological polar surface area (TPSA) is 66.9 Å².